The Bertz CT molecular complexity index is 563. The van der Waals surface area contributed by atoms with Crippen molar-refractivity contribution in [3.8, 4) is 5.75 Å². The maximum atomic E-state index is 11.7. The lowest BCUT2D eigenvalue weighted by molar-refractivity contribution is -0.143. The molecule has 0 radical (unpaired) electrons. The summed E-state index contributed by atoms with van der Waals surface area (Å²) >= 11 is 0. The van der Waals surface area contributed by atoms with Crippen molar-refractivity contribution in [1.82, 2.24) is 5.32 Å². The average Bonchev–Trinajstić information content (AvgIpc) is 2.84. The number of ether oxygens (including phenoxy) is 1. The van der Waals surface area contributed by atoms with Gasteiger partial charge in [0.1, 0.15) is 5.75 Å². The van der Waals surface area contributed by atoms with E-state index in [-0.39, 0.29) is 12.3 Å². The van der Waals surface area contributed by atoms with Crippen LogP contribution in [0.5, 0.6) is 5.75 Å². The van der Waals surface area contributed by atoms with Crippen LogP contribution in [0.15, 0.2) is 24.3 Å². The number of benzene rings is 1. The molecule has 122 valence electrons. The quantitative estimate of drug-likeness (QED) is 0.775. The van der Waals surface area contributed by atoms with E-state index < -0.39 is 18.4 Å². The zero-order valence-electron chi connectivity index (χ0n) is 15.3. The van der Waals surface area contributed by atoms with E-state index in [9.17, 15) is 9.90 Å². The summed E-state index contributed by atoms with van der Waals surface area (Å²) in [5.74, 6) is -0.332. The molecule has 1 aliphatic rings. The molecule has 0 saturated carbocycles. The van der Waals surface area contributed by atoms with Crippen molar-refractivity contribution < 1.29 is 17.4 Å². The van der Waals surface area contributed by atoms with Crippen LogP contribution in [0, 0.1) is 17.8 Å². The van der Waals surface area contributed by atoms with Gasteiger partial charge in [-0.25, -0.2) is 0 Å². The summed E-state index contributed by atoms with van der Waals surface area (Å²) in [7, 11) is 0. The maximum Gasteiger partial charge on any atom is 0.307 e. The number of hydrogen-bond donors (Lipinski definition) is 2. The van der Waals surface area contributed by atoms with E-state index in [1.165, 1.54) is 0 Å². The normalized spacial score (nSPS) is 23.0. The maximum absolute atomic E-state index is 11.7. The van der Waals surface area contributed by atoms with Gasteiger partial charge in [-0.15, -0.1) is 0 Å². The molecule has 1 aromatic carbocycles. The van der Waals surface area contributed by atoms with Crippen LogP contribution >= 0.6 is 0 Å². The number of aliphatic carboxylic acids is 1. The molecule has 22 heavy (non-hydrogen) atoms. The lowest BCUT2D eigenvalue weighted by Gasteiger charge is -2.19. The van der Waals surface area contributed by atoms with Crippen LogP contribution in [0.1, 0.15) is 35.0 Å². The fraction of sp³-hybridized carbons (Fsp3) is 0.611. The summed E-state index contributed by atoms with van der Waals surface area (Å²) in [6.07, 6.45) is 1.60. The third kappa shape index (κ3) is 5.02. The molecule has 0 spiro atoms. The highest BCUT2D eigenvalue weighted by Crippen LogP contribution is 2.25. The Morgan fingerprint density at radius 3 is 3.00 bits per heavy atom. The van der Waals surface area contributed by atoms with Crippen molar-refractivity contribution in [1.29, 1.82) is 0 Å². The van der Waals surface area contributed by atoms with Gasteiger partial charge in [0.15, 0.2) is 0 Å². The number of rotatable bonds is 8. The summed E-state index contributed by atoms with van der Waals surface area (Å²) in [5, 5.41) is 12.3. The van der Waals surface area contributed by atoms with Gasteiger partial charge in [0.2, 0.25) is 0 Å². The van der Waals surface area contributed by atoms with Crippen LogP contribution in [0.4, 0.5) is 0 Å². The summed E-state index contributed by atoms with van der Waals surface area (Å²) in [5.41, 5.74) is 0.914. The van der Waals surface area contributed by atoms with Crippen molar-refractivity contribution in [2.24, 2.45) is 17.8 Å². The van der Waals surface area contributed by atoms with Crippen LogP contribution in [-0.2, 0) is 11.2 Å². The van der Waals surface area contributed by atoms with Gasteiger partial charge in [0, 0.05) is 2.74 Å². The average molecular weight is 307 g/mol. The Morgan fingerprint density at radius 1 is 1.55 bits per heavy atom. The minimum absolute atomic E-state index is 0.206. The third-order valence-electron chi connectivity index (χ3n) is 4.06. The lowest BCUT2D eigenvalue weighted by Crippen LogP contribution is -2.27. The molecule has 0 aliphatic carbocycles. The summed E-state index contributed by atoms with van der Waals surface area (Å²) in [6.45, 7) is 3.86. The fourth-order valence-electron chi connectivity index (χ4n) is 2.65. The summed E-state index contributed by atoms with van der Waals surface area (Å²) < 4.78 is 21.2. The first-order valence-corrected chi connectivity index (χ1v) is 7.96. The van der Waals surface area contributed by atoms with Crippen molar-refractivity contribution in [2.75, 3.05) is 19.6 Å². The van der Waals surface area contributed by atoms with Crippen LogP contribution in [0.2, 0.25) is 0 Å². The Hall–Kier alpha value is -1.55. The monoisotopic (exact) mass is 307 g/mol. The van der Waals surface area contributed by atoms with Crippen LogP contribution in [0.3, 0.4) is 0 Å². The molecule has 1 aliphatic heterocycles. The van der Waals surface area contributed by atoms with E-state index in [4.69, 9.17) is 7.48 Å². The Balaban J connectivity index is 2.00. The molecule has 1 saturated heterocycles. The Labute approximate surface area is 135 Å². The molecule has 0 amide bonds. The van der Waals surface area contributed by atoms with E-state index in [0.717, 1.165) is 17.7 Å². The van der Waals surface area contributed by atoms with Gasteiger partial charge in [-0.2, -0.15) is 0 Å². The second-order valence-corrected chi connectivity index (χ2v) is 6.35. The molecule has 4 nitrogen and oxygen atoms in total. The number of carboxylic acid groups (broad SMARTS) is 1. The van der Waals surface area contributed by atoms with E-state index in [1.807, 2.05) is 24.3 Å². The van der Waals surface area contributed by atoms with Crippen LogP contribution in [0.25, 0.3) is 0 Å². The molecule has 2 atom stereocenters. The van der Waals surface area contributed by atoms with Gasteiger partial charge >= 0.3 is 5.97 Å². The van der Waals surface area contributed by atoms with Crippen molar-refractivity contribution in [2.45, 2.75) is 33.1 Å². The highest BCUT2D eigenvalue weighted by molar-refractivity contribution is 5.71. The smallest absolute Gasteiger partial charge is 0.307 e. The number of hydrogen-bond acceptors (Lipinski definition) is 3. The summed E-state index contributed by atoms with van der Waals surface area (Å²) in [6, 6.07) is 7.57. The van der Waals surface area contributed by atoms with Crippen LogP contribution in [-0.4, -0.2) is 30.7 Å². The van der Waals surface area contributed by atoms with Crippen molar-refractivity contribution in [3.05, 3.63) is 29.8 Å². The second-order valence-electron chi connectivity index (χ2n) is 6.35. The molecule has 1 aromatic rings. The highest BCUT2D eigenvalue weighted by Gasteiger charge is 2.30. The molecule has 0 aromatic heterocycles. The standard InChI is InChI=1S/C18H27NO3/c1-13(2)7-9-22-16-5-3-4-14(10-16)11-17(18(20)21)15-6-8-19-12-15/h3-5,10,13,15,17,19H,6-9,11-12H2,1-2H3,(H,20,21)/t15-,17-/m0/s1/i8D2. The predicted octanol–water partition coefficient (Wildman–Crippen LogP) is 2.96. The van der Waals surface area contributed by atoms with Gasteiger partial charge in [-0.3, -0.25) is 4.79 Å². The van der Waals surface area contributed by atoms with Gasteiger partial charge in [0.25, 0.3) is 0 Å². The molecule has 0 bridgehead atoms. The van der Waals surface area contributed by atoms with E-state index in [2.05, 4.69) is 19.2 Å². The predicted molar refractivity (Wildman–Crippen MR) is 87.2 cm³/mol. The molecule has 0 unspecified atom stereocenters. The molecular formula is C18H27NO3. The first-order chi connectivity index (χ1) is 11.3. The second kappa shape index (κ2) is 8.18. The van der Waals surface area contributed by atoms with E-state index in [0.29, 0.717) is 25.5 Å². The third-order valence-corrected chi connectivity index (χ3v) is 4.06. The zero-order chi connectivity index (χ0) is 17.7. The minimum Gasteiger partial charge on any atom is -0.494 e. The largest absolute Gasteiger partial charge is 0.494 e. The molecule has 2 N–H and O–H groups in total. The molecular weight excluding hydrogens is 278 g/mol. The highest BCUT2D eigenvalue weighted by atomic mass is 16.5. The van der Waals surface area contributed by atoms with Gasteiger partial charge in [-0.05, 0) is 61.8 Å². The first kappa shape index (κ1) is 14.1. The van der Waals surface area contributed by atoms with Gasteiger partial charge < -0.3 is 15.2 Å². The van der Waals surface area contributed by atoms with Crippen molar-refractivity contribution >= 4 is 5.97 Å². The summed E-state index contributed by atoms with van der Waals surface area (Å²) in [4.78, 5) is 11.7. The van der Waals surface area contributed by atoms with Gasteiger partial charge in [0.05, 0.1) is 12.5 Å². The first-order valence-electron chi connectivity index (χ1n) is 8.96. The Kier molecular flexibility index (Phi) is 5.23. The zero-order valence-corrected chi connectivity index (χ0v) is 13.3. The topological polar surface area (TPSA) is 58.6 Å². The molecule has 4 heteroatoms. The molecule has 2 rings (SSSR count). The molecule has 1 fully saturated rings. The lowest BCUT2D eigenvalue weighted by atomic mass is 9.86. The SMILES string of the molecule is [2H]C1([2H])C[C@H]([C@H](Cc2cccc(OCCC(C)C)c2)C(=O)O)CN1. The van der Waals surface area contributed by atoms with Crippen molar-refractivity contribution in [3.63, 3.8) is 0 Å². The fourth-order valence-corrected chi connectivity index (χ4v) is 2.65. The van der Waals surface area contributed by atoms with E-state index >= 15 is 0 Å². The molecule has 1 heterocycles. The minimum atomic E-state index is -1.47. The van der Waals surface area contributed by atoms with E-state index in [1.54, 1.807) is 0 Å². The van der Waals surface area contributed by atoms with Crippen LogP contribution < -0.4 is 10.1 Å². The Morgan fingerprint density at radius 2 is 2.36 bits per heavy atom. The van der Waals surface area contributed by atoms with Gasteiger partial charge in [-0.1, -0.05) is 26.0 Å². The number of carboxylic acids is 1. The number of carbonyl (C=O) groups is 1. The number of nitrogens with one attached hydrogen (secondary N) is 1.